The number of nitrogens with two attached hydrogens (primary N) is 1. The summed E-state index contributed by atoms with van der Waals surface area (Å²) in [6, 6.07) is 20.5. The van der Waals surface area contributed by atoms with Crippen LogP contribution in [0, 0.1) is 0 Å². The Bertz CT molecular complexity index is 1050. The van der Waals surface area contributed by atoms with Crippen molar-refractivity contribution in [1.82, 2.24) is 0 Å². The molecular weight excluding hydrogens is 274 g/mol. The van der Waals surface area contributed by atoms with E-state index in [0.717, 1.165) is 16.3 Å². The molecular formula is C19H13NO2. The number of anilines is 1. The fraction of sp³-hybridized carbons (Fsp3) is 0. The van der Waals surface area contributed by atoms with Crippen LogP contribution >= 0.6 is 0 Å². The first-order valence-electron chi connectivity index (χ1n) is 7.03. The number of fused-ring (bicyclic) bond motifs is 2. The Kier molecular flexibility index (Phi) is 2.73. The van der Waals surface area contributed by atoms with Crippen molar-refractivity contribution in [3.05, 3.63) is 77.0 Å². The van der Waals surface area contributed by atoms with Crippen LogP contribution in [0.2, 0.25) is 0 Å². The number of rotatable bonds is 1. The maximum absolute atomic E-state index is 12.4. The smallest absolute Gasteiger partial charge is 0.193 e. The zero-order valence-corrected chi connectivity index (χ0v) is 11.7. The predicted molar refractivity (Wildman–Crippen MR) is 89.8 cm³/mol. The molecule has 0 aliphatic rings. The van der Waals surface area contributed by atoms with E-state index in [2.05, 4.69) is 0 Å². The maximum atomic E-state index is 12.4. The lowest BCUT2D eigenvalue weighted by Gasteiger charge is -2.05. The lowest BCUT2D eigenvalue weighted by molar-refractivity contribution is 0.619. The quantitative estimate of drug-likeness (QED) is 0.422. The van der Waals surface area contributed by atoms with Gasteiger partial charge in [0.15, 0.2) is 5.43 Å². The zero-order chi connectivity index (χ0) is 15.1. The van der Waals surface area contributed by atoms with Crippen molar-refractivity contribution >= 4 is 27.4 Å². The highest BCUT2D eigenvalue weighted by atomic mass is 16.3. The van der Waals surface area contributed by atoms with E-state index in [-0.39, 0.29) is 5.43 Å². The summed E-state index contributed by atoms with van der Waals surface area (Å²) in [5, 5.41) is 2.67. The molecule has 4 aromatic rings. The average Bonchev–Trinajstić information content (AvgIpc) is 2.54. The molecule has 0 aliphatic carbocycles. The Labute approximate surface area is 126 Å². The monoisotopic (exact) mass is 287 g/mol. The van der Waals surface area contributed by atoms with Crippen molar-refractivity contribution in [2.45, 2.75) is 0 Å². The first-order chi connectivity index (χ1) is 10.7. The maximum Gasteiger partial charge on any atom is 0.193 e. The van der Waals surface area contributed by atoms with E-state index < -0.39 is 0 Å². The highest BCUT2D eigenvalue weighted by Crippen LogP contribution is 2.26. The topological polar surface area (TPSA) is 56.2 Å². The molecule has 0 aliphatic heterocycles. The van der Waals surface area contributed by atoms with Crippen molar-refractivity contribution in [3.8, 4) is 11.3 Å². The zero-order valence-electron chi connectivity index (χ0n) is 11.7. The number of benzene rings is 3. The minimum absolute atomic E-state index is 0.0428. The van der Waals surface area contributed by atoms with Gasteiger partial charge >= 0.3 is 0 Å². The highest BCUT2D eigenvalue weighted by Gasteiger charge is 2.08. The van der Waals surface area contributed by atoms with Crippen molar-refractivity contribution in [2.24, 2.45) is 0 Å². The van der Waals surface area contributed by atoms with Crippen molar-refractivity contribution < 1.29 is 4.42 Å². The molecule has 0 spiro atoms. The van der Waals surface area contributed by atoms with E-state index in [0.29, 0.717) is 22.4 Å². The van der Waals surface area contributed by atoms with Crippen LogP contribution < -0.4 is 11.2 Å². The van der Waals surface area contributed by atoms with Gasteiger partial charge in [-0.3, -0.25) is 4.79 Å². The molecule has 3 heteroatoms. The van der Waals surface area contributed by atoms with Crippen molar-refractivity contribution in [1.29, 1.82) is 0 Å². The summed E-state index contributed by atoms with van der Waals surface area (Å²) >= 11 is 0. The minimum atomic E-state index is -0.0428. The molecule has 0 radical (unpaired) electrons. The van der Waals surface area contributed by atoms with Gasteiger partial charge in [0, 0.05) is 17.3 Å². The van der Waals surface area contributed by atoms with Gasteiger partial charge < -0.3 is 10.2 Å². The Hall–Kier alpha value is -3.07. The highest BCUT2D eigenvalue weighted by molar-refractivity contribution is 5.95. The third kappa shape index (κ3) is 2.04. The number of hydrogen-bond acceptors (Lipinski definition) is 3. The molecule has 0 saturated heterocycles. The summed E-state index contributed by atoms with van der Waals surface area (Å²) in [6.07, 6.45) is 0. The lowest BCUT2D eigenvalue weighted by atomic mass is 10.1. The fourth-order valence-corrected chi connectivity index (χ4v) is 2.63. The molecule has 3 aromatic carbocycles. The standard InChI is InChI=1S/C19H13NO2/c20-15-7-5-12(6-8-15)18-11-17(21)16-9-13-3-1-2-4-14(13)10-19(16)22-18/h1-11H,20H2. The Morgan fingerprint density at radius 2 is 1.50 bits per heavy atom. The molecule has 0 saturated carbocycles. The molecule has 3 nitrogen and oxygen atoms in total. The summed E-state index contributed by atoms with van der Waals surface area (Å²) in [6.45, 7) is 0. The third-order valence-electron chi connectivity index (χ3n) is 3.79. The van der Waals surface area contributed by atoms with Gasteiger partial charge in [0.1, 0.15) is 11.3 Å². The van der Waals surface area contributed by atoms with Crippen LogP contribution in [0.15, 0.2) is 75.9 Å². The Balaban J connectivity index is 2.00. The van der Waals surface area contributed by atoms with Crippen LogP contribution in [0.1, 0.15) is 0 Å². The van der Waals surface area contributed by atoms with E-state index in [9.17, 15) is 4.79 Å². The Morgan fingerprint density at radius 1 is 0.818 bits per heavy atom. The van der Waals surface area contributed by atoms with Crippen LogP contribution in [0.4, 0.5) is 5.69 Å². The SMILES string of the molecule is Nc1ccc(-c2cc(=O)c3cc4ccccc4cc3o2)cc1. The van der Waals surface area contributed by atoms with Crippen LogP contribution in [0.25, 0.3) is 33.1 Å². The minimum Gasteiger partial charge on any atom is -0.456 e. The third-order valence-corrected chi connectivity index (χ3v) is 3.79. The van der Waals surface area contributed by atoms with E-state index >= 15 is 0 Å². The van der Waals surface area contributed by atoms with Gasteiger partial charge in [-0.15, -0.1) is 0 Å². The molecule has 106 valence electrons. The van der Waals surface area contributed by atoms with Gasteiger partial charge in [0.25, 0.3) is 0 Å². The van der Waals surface area contributed by atoms with Gasteiger partial charge in [-0.05, 0) is 47.2 Å². The van der Waals surface area contributed by atoms with Gasteiger partial charge in [-0.25, -0.2) is 0 Å². The Morgan fingerprint density at radius 3 is 2.23 bits per heavy atom. The van der Waals surface area contributed by atoms with E-state index in [4.69, 9.17) is 10.2 Å². The largest absolute Gasteiger partial charge is 0.456 e. The molecule has 1 heterocycles. The van der Waals surface area contributed by atoms with Crippen LogP contribution in [0.3, 0.4) is 0 Å². The van der Waals surface area contributed by atoms with Crippen LogP contribution in [-0.4, -0.2) is 0 Å². The molecule has 2 N–H and O–H groups in total. The summed E-state index contributed by atoms with van der Waals surface area (Å²) in [5.74, 6) is 0.549. The molecule has 0 atom stereocenters. The summed E-state index contributed by atoms with van der Waals surface area (Å²) in [4.78, 5) is 12.4. The van der Waals surface area contributed by atoms with Gasteiger partial charge in [-0.1, -0.05) is 24.3 Å². The summed E-state index contributed by atoms with van der Waals surface area (Å²) in [5.41, 5.74) is 7.76. The summed E-state index contributed by atoms with van der Waals surface area (Å²) in [7, 11) is 0. The van der Waals surface area contributed by atoms with Gasteiger partial charge in [0.2, 0.25) is 0 Å². The molecule has 0 amide bonds. The normalized spacial score (nSPS) is 11.1. The van der Waals surface area contributed by atoms with Crippen LogP contribution in [-0.2, 0) is 0 Å². The van der Waals surface area contributed by atoms with Gasteiger partial charge in [0.05, 0.1) is 5.39 Å². The van der Waals surface area contributed by atoms with Crippen LogP contribution in [0.5, 0.6) is 0 Å². The second kappa shape index (κ2) is 4.74. The molecule has 0 bridgehead atoms. The lowest BCUT2D eigenvalue weighted by Crippen LogP contribution is -2.00. The first-order valence-corrected chi connectivity index (χ1v) is 7.03. The molecule has 22 heavy (non-hydrogen) atoms. The fourth-order valence-electron chi connectivity index (χ4n) is 2.63. The van der Waals surface area contributed by atoms with Crippen molar-refractivity contribution in [2.75, 3.05) is 5.73 Å². The molecule has 0 fully saturated rings. The van der Waals surface area contributed by atoms with E-state index in [1.54, 1.807) is 12.1 Å². The number of nitrogen functional groups attached to an aromatic ring is 1. The van der Waals surface area contributed by atoms with Gasteiger partial charge in [-0.2, -0.15) is 0 Å². The molecule has 4 rings (SSSR count). The average molecular weight is 287 g/mol. The second-order valence-electron chi connectivity index (χ2n) is 5.29. The summed E-state index contributed by atoms with van der Waals surface area (Å²) < 4.78 is 5.94. The van der Waals surface area contributed by atoms with E-state index in [1.807, 2.05) is 48.5 Å². The van der Waals surface area contributed by atoms with E-state index in [1.165, 1.54) is 6.07 Å². The number of hydrogen-bond donors (Lipinski definition) is 1. The molecule has 1 aromatic heterocycles. The molecule has 0 unspecified atom stereocenters. The van der Waals surface area contributed by atoms with Crippen molar-refractivity contribution in [3.63, 3.8) is 0 Å². The first kappa shape index (κ1) is 12.7. The second-order valence-corrected chi connectivity index (χ2v) is 5.29. The predicted octanol–water partition coefficient (Wildman–Crippen LogP) is 4.20.